The highest BCUT2D eigenvalue weighted by molar-refractivity contribution is 6.24. The molecule has 4 atom stereocenters. The third-order valence-corrected chi connectivity index (χ3v) is 5.59. The van der Waals surface area contributed by atoms with Gasteiger partial charge in [0.1, 0.15) is 5.78 Å². The summed E-state index contributed by atoms with van der Waals surface area (Å²) >= 11 is 0. The number of aromatic nitrogens is 1. The molecule has 1 saturated heterocycles. The summed E-state index contributed by atoms with van der Waals surface area (Å²) in [4.78, 5) is 43.8. The van der Waals surface area contributed by atoms with E-state index in [1.807, 2.05) is 24.3 Å². The van der Waals surface area contributed by atoms with E-state index in [0.717, 1.165) is 11.1 Å². The van der Waals surface area contributed by atoms with E-state index in [0.29, 0.717) is 12.1 Å². The second-order valence-corrected chi connectivity index (χ2v) is 6.66. The van der Waals surface area contributed by atoms with E-state index in [4.69, 9.17) is 0 Å². The predicted octanol–water partition coefficient (Wildman–Crippen LogP) is 2.04. The van der Waals surface area contributed by atoms with Crippen molar-refractivity contribution < 1.29 is 14.4 Å². The Morgan fingerprint density at radius 3 is 2.42 bits per heavy atom. The van der Waals surface area contributed by atoms with Crippen molar-refractivity contribution in [1.82, 2.24) is 4.98 Å². The Bertz CT molecular complexity index is 892. The van der Waals surface area contributed by atoms with Gasteiger partial charge < -0.3 is 0 Å². The van der Waals surface area contributed by atoms with Crippen LogP contribution in [0, 0.1) is 11.8 Å². The first-order valence-electron chi connectivity index (χ1n) is 8.08. The molecule has 4 aliphatic rings. The Hall–Kier alpha value is -2.82. The second-order valence-electron chi connectivity index (χ2n) is 6.66. The van der Waals surface area contributed by atoms with E-state index in [1.165, 1.54) is 11.1 Å². The number of anilines is 1. The summed E-state index contributed by atoms with van der Waals surface area (Å²) in [5.41, 5.74) is 2.46. The summed E-state index contributed by atoms with van der Waals surface area (Å²) in [6.07, 6.45) is 3.47. The largest absolute Gasteiger partial charge is 0.299 e. The van der Waals surface area contributed by atoms with E-state index < -0.39 is 17.8 Å². The van der Waals surface area contributed by atoms with Gasteiger partial charge in [0, 0.05) is 18.5 Å². The molecule has 1 aromatic heterocycles. The molecule has 0 spiro atoms. The highest BCUT2D eigenvalue weighted by Crippen LogP contribution is 2.57. The number of Topliss-reactive ketones (excluding diaryl/α,β-unsaturated/α-hetero) is 1. The molecular weight excluding hydrogens is 304 g/mol. The Morgan fingerprint density at radius 2 is 1.67 bits per heavy atom. The van der Waals surface area contributed by atoms with E-state index in [1.54, 1.807) is 18.3 Å². The fourth-order valence-electron chi connectivity index (χ4n) is 4.70. The Balaban J connectivity index is 1.68. The summed E-state index contributed by atoms with van der Waals surface area (Å²) in [5.74, 6) is -2.08. The van der Waals surface area contributed by atoms with E-state index >= 15 is 0 Å². The summed E-state index contributed by atoms with van der Waals surface area (Å²) in [6, 6.07) is 11.1. The van der Waals surface area contributed by atoms with Crippen molar-refractivity contribution in [1.29, 1.82) is 0 Å². The van der Waals surface area contributed by atoms with Gasteiger partial charge in [0.15, 0.2) is 0 Å². The van der Waals surface area contributed by atoms with Gasteiger partial charge in [-0.1, -0.05) is 24.3 Å². The van der Waals surface area contributed by atoms with Crippen LogP contribution in [0.15, 0.2) is 48.8 Å². The maximum Gasteiger partial charge on any atom is 0.238 e. The normalized spacial score (nSPS) is 30.5. The highest BCUT2D eigenvalue weighted by Gasteiger charge is 2.62. The second kappa shape index (κ2) is 4.60. The van der Waals surface area contributed by atoms with Crippen LogP contribution in [0.25, 0.3) is 0 Å². The predicted molar refractivity (Wildman–Crippen MR) is 85.3 cm³/mol. The SMILES string of the molecule is O=C1C[C@H]2c3ccccc3[C@H]1[C@@H]1C(=O)N(c3cccnc3)C(=O)[C@@H]12. The average molecular weight is 318 g/mol. The molecule has 1 aliphatic heterocycles. The zero-order valence-electron chi connectivity index (χ0n) is 12.8. The number of nitrogens with zero attached hydrogens (tertiary/aromatic N) is 2. The minimum absolute atomic E-state index is 0.0779. The topological polar surface area (TPSA) is 67.3 Å². The van der Waals surface area contributed by atoms with Crippen LogP contribution in [0.2, 0.25) is 0 Å². The number of hydrogen-bond donors (Lipinski definition) is 0. The van der Waals surface area contributed by atoms with Crippen LogP contribution >= 0.6 is 0 Å². The highest BCUT2D eigenvalue weighted by atomic mass is 16.2. The smallest absolute Gasteiger partial charge is 0.238 e. The Kier molecular flexibility index (Phi) is 2.61. The summed E-state index contributed by atoms with van der Waals surface area (Å²) < 4.78 is 0. The van der Waals surface area contributed by atoms with E-state index in [-0.39, 0.29) is 23.5 Å². The molecule has 2 heterocycles. The standard InChI is InChI=1S/C19H14N2O3/c22-14-8-13-11-5-1-2-6-12(11)15(14)17-16(13)18(23)21(19(17)24)10-4-3-7-20-9-10/h1-7,9,13,15-17H,8H2/t13-,15+,16+,17-/m0/s1. The third kappa shape index (κ3) is 1.54. The van der Waals surface area contributed by atoms with Crippen molar-refractivity contribution in [3.8, 4) is 0 Å². The van der Waals surface area contributed by atoms with Crippen molar-refractivity contribution >= 4 is 23.3 Å². The van der Waals surface area contributed by atoms with Crippen LogP contribution in [0.5, 0.6) is 0 Å². The molecule has 3 aliphatic carbocycles. The first-order valence-corrected chi connectivity index (χ1v) is 8.08. The molecule has 1 aromatic carbocycles. The van der Waals surface area contributed by atoms with Crippen LogP contribution in [0.3, 0.4) is 0 Å². The minimum Gasteiger partial charge on any atom is -0.299 e. The average Bonchev–Trinajstić information content (AvgIpc) is 2.88. The number of carbonyl (C=O) groups is 3. The zero-order valence-corrected chi connectivity index (χ0v) is 12.8. The van der Waals surface area contributed by atoms with Crippen molar-refractivity contribution in [3.05, 3.63) is 59.9 Å². The van der Waals surface area contributed by atoms with Crippen LogP contribution in [-0.4, -0.2) is 22.6 Å². The number of amides is 2. The lowest BCUT2D eigenvalue weighted by Gasteiger charge is -2.43. The number of pyridine rings is 1. The quantitative estimate of drug-likeness (QED) is 0.755. The van der Waals surface area contributed by atoms with Gasteiger partial charge in [0.2, 0.25) is 11.8 Å². The zero-order chi connectivity index (χ0) is 16.4. The van der Waals surface area contributed by atoms with Gasteiger partial charge in [-0.25, -0.2) is 4.90 Å². The molecule has 24 heavy (non-hydrogen) atoms. The van der Waals surface area contributed by atoms with Crippen LogP contribution in [-0.2, 0) is 14.4 Å². The molecule has 5 nitrogen and oxygen atoms in total. The molecule has 0 radical (unpaired) electrons. The molecule has 2 aromatic rings. The van der Waals surface area contributed by atoms with Gasteiger partial charge in [-0.3, -0.25) is 19.4 Å². The van der Waals surface area contributed by atoms with Crippen LogP contribution in [0.4, 0.5) is 5.69 Å². The number of fused-ring (bicyclic) bond motifs is 1. The monoisotopic (exact) mass is 318 g/mol. The Morgan fingerprint density at radius 1 is 0.917 bits per heavy atom. The lowest BCUT2D eigenvalue weighted by Crippen LogP contribution is -2.44. The fourth-order valence-corrected chi connectivity index (χ4v) is 4.70. The van der Waals surface area contributed by atoms with Gasteiger partial charge in [0.25, 0.3) is 0 Å². The number of hydrogen-bond acceptors (Lipinski definition) is 4. The molecule has 2 fully saturated rings. The van der Waals surface area contributed by atoms with Crippen LogP contribution < -0.4 is 4.90 Å². The number of imide groups is 1. The van der Waals surface area contributed by atoms with Crippen LogP contribution in [0.1, 0.15) is 29.4 Å². The molecule has 0 N–H and O–H groups in total. The first kappa shape index (κ1) is 13.6. The van der Waals surface area contributed by atoms with Gasteiger partial charge in [-0.2, -0.15) is 0 Å². The third-order valence-electron chi connectivity index (χ3n) is 5.59. The van der Waals surface area contributed by atoms with Crippen molar-refractivity contribution in [2.45, 2.75) is 18.3 Å². The number of rotatable bonds is 1. The Labute approximate surface area is 138 Å². The molecule has 118 valence electrons. The van der Waals surface area contributed by atoms with E-state index in [2.05, 4.69) is 4.98 Å². The number of benzene rings is 1. The first-order chi connectivity index (χ1) is 11.7. The van der Waals surface area contributed by atoms with Gasteiger partial charge in [-0.15, -0.1) is 0 Å². The van der Waals surface area contributed by atoms with Crippen molar-refractivity contribution in [2.24, 2.45) is 11.8 Å². The molecule has 6 rings (SSSR count). The molecular formula is C19H14N2O3. The fraction of sp³-hybridized carbons (Fsp3) is 0.263. The van der Waals surface area contributed by atoms with Gasteiger partial charge in [-0.05, 0) is 23.3 Å². The maximum atomic E-state index is 13.0. The van der Waals surface area contributed by atoms with Crippen molar-refractivity contribution in [3.63, 3.8) is 0 Å². The minimum atomic E-state index is -0.571. The van der Waals surface area contributed by atoms with Crippen molar-refractivity contribution in [2.75, 3.05) is 4.90 Å². The maximum absolute atomic E-state index is 13.0. The summed E-state index contributed by atoms with van der Waals surface area (Å²) in [6.45, 7) is 0. The molecule has 5 heteroatoms. The molecule has 2 bridgehead atoms. The van der Waals surface area contributed by atoms with Gasteiger partial charge in [0.05, 0.1) is 29.6 Å². The number of ketones is 1. The molecule has 1 saturated carbocycles. The van der Waals surface area contributed by atoms with Gasteiger partial charge >= 0.3 is 0 Å². The lowest BCUT2D eigenvalue weighted by atomic mass is 9.56. The van der Waals surface area contributed by atoms with E-state index in [9.17, 15) is 14.4 Å². The number of carbonyl (C=O) groups excluding carboxylic acids is 3. The molecule has 2 amide bonds. The summed E-state index contributed by atoms with van der Waals surface area (Å²) in [7, 11) is 0. The summed E-state index contributed by atoms with van der Waals surface area (Å²) in [5, 5.41) is 0. The lowest BCUT2D eigenvalue weighted by molar-refractivity contribution is -0.134. The molecule has 0 unspecified atom stereocenters.